The van der Waals surface area contributed by atoms with Crippen molar-refractivity contribution in [3.63, 3.8) is 0 Å². The summed E-state index contributed by atoms with van der Waals surface area (Å²) >= 11 is 0. The molecule has 0 saturated carbocycles. The Morgan fingerprint density at radius 1 is 1.14 bits per heavy atom. The van der Waals surface area contributed by atoms with Gasteiger partial charge in [-0.2, -0.15) is 0 Å². The smallest absolute Gasteiger partial charge is 0.0234 e. The lowest BCUT2D eigenvalue weighted by atomic mass is 9.97. The minimum absolute atomic E-state index is 0.819. The van der Waals surface area contributed by atoms with Gasteiger partial charge in [-0.05, 0) is 60.8 Å². The summed E-state index contributed by atoms with van der Waals surface area (Å²) in [5.41, 5.74) is 1.44. The number of hydrogen-bond acceptors (Lipinski definition) is 2. The number of piperidine rings is 1. The van der Waals surface area contributed by atoms with Crippen molar-refractivity contribution in [1.82, 2.24) is 10.2 Å². The number of nitrogens with zero attached hydrogens (tertiary/aromatic N) is 1. The van der Waals surface area contributed by atoms with E-state index in [1.54, 1.807) is 0 Å². The van der Waals surface area contributed by atoms with Gasteiger partial charge in [0.15, 0.2) is 0 Å². The molecule has 21 heavy (non-hydrogen) atoms. The molecule has 1 N–H and O–H groups in total. The zero-order chi connectivity index (χ0) is 14.5. The SMILES string of the molecule is CCNCC1CCCN(Cc2ccc3ccccc3c2)C1. The summed E-state index contributed by atoms with van der Waals surface area (Å²) in [5, 5.41) is 6.20. The van der Waals surface area contributed by atoms with Gasteiger partial charge in [0.1, 0.15) is 0 Å². The Morgan fingerprint density at radius 3 is 2.86 bits per heavy atom. The van der Waals surface area contributed by atoms with Gasteiger partial charge in [-0.1, -0.05) is 43.3 Å². The maximum Gasteiger partial charge on any atom is 0.0234 e. The zero-order valence-corrected chi connectivity index (χ0v) is 13.0. The molecule has 112 valence electrons. The molecule has 3 rings (SSSR count). The van der Waals surface area contributed by atoms with E-state index >= 15 is 0 Å². The van der Waals surface area contributed by atoms with Crippen LogP contribution in [-0.4, -0.2) is 31.1 Å². The average Bonchev–Trinajstić information content (AvgIpc) is 2.53. The van der Waals surface area contributed by atoms with Crippen molar-refractivity contribution < 1.29 is 0 Å². The van der Waals surface area contributed by atoms with E-state index in [-0.39, 0.29) is 0 Å². The summed E-state index contributed by atoms with van der Waals surface area (Å²) in [5.74, 6) is 0.819. The van der Waals surface area contributed by atoms with E-state index in [4.69, 9.17) is 0 Å². The molecule has 0 radical (unpaired) electrons. The Morgan fingerprint density at radius 2 is 2.00 bits per heavy atom. The van der Waals surface area contributed by atoms with Crippen LogP contribution in [0.2, 0.25) is 0 Å². The van der Waals surface area contributed by atoms with Crippen LogP contribution < -0.4 is 5.32 Å². The van der Waals surface area contributed by atoms with E-state index in [1.165, 1.54) is 48.8 Å². The molecular weight excluding hydrogens is 256 g/mol. The molecule has 1 aliphatic rings. The Labute approximate surface area is 128 Å². The molecule has 0 aromatic heterocycles. The summed E-state index contributed by atoms with van der Waals surface area (Å²) in [7, 11) is 0. The minimum atomic E-state index is 0.819. The molecule has 2 aromatic rings. The highest BCUT2D eigenvalue weighted by atomic mass is 15.1. The molecule has 1 heterocycles. The third kappa shape index (κ3) is 3.84. The first-order chi connectivity index (χ1) is 10.3. The number of benzene rings is 2. The van der Waals surface area contributed by atoms with Crippen molar-refractivity contribution in [2.24, 2.45) is 5.92 Å². The molecule has 1 aliphatic heterocycles. The van der Waals surface area contributed by atoms with Gasteiger partial charge in [-0.15, -0.1) is 0 Å². The molecule has 0 bridgehead atoms. The Hall–Kier alpha value is -1.38. The molecule has 2 aromatic carbocycles. The molecule has 1 saturated heterocycles. The third-order valence-electron chi connectivity index (χ3n) is 4.51. The lowest BCUT2D eigenvalue weighted by molar-refractivity contribution is 0.166. The first kappa shape index (κ1) is 14.6. The van der Waals surface area contributed by atoms with Crippen molar-refractivity contribution in [2.75, 3.05) is 26.2 Å². The Kier molecular flexibility index (Phi) is 4.89. The van der Waals surface area contributed by atoms with Gasteiger partial charge in [-0.3, -0.25) is 4.90 Å². The van der Waals surface area contributed by atoms with Crippen LogP contribution in [0.1, 0.15) is 25.3 Å². The third-order valence-corrected chi connectivity index (χ3v) is 4.51. The predicted molar refractivity (Wildman–Crippen MR) is 90.5 cm³/mol. The lowest BCUT2D eigenvalue weighted by Gasteiger charge is -2.33. The van der Waals surface area contributed by atoms with Crippen LogP contribution in [0.3, 0.4) is 0 Å². The maximum atomic E-state index is 3.50. The highest BCUT2D eigenvalue weighted by Crippen LogP contribution is 2.20. The van der Waals surface area contributed by atoms with Crippen LogP contribution in [0.25, 0.3) is 10.8 Å². The second kappa shape index (κ2) is 7.06. The number of hydrogen-bond donors (Lipinski definition) is 1. The topological polar surface area (TPSA) is 15.3 Å². The van der Waals surface area contributed by atoms with E-state index in [0.717, 1.165) is 19.0 Å². The quantitative estimate of drug-likeness (QED) is 0.900. The van der Waals surface area contributed by atoms with Crippen LogP contribution in [0, 0.1) is 5.92 Å². The van der Waals surface area contributed by atoms with Crippen molar-refractivity contribution in [3.8, 4) is 0 Å². The molecule has 1 unspecified atom stereocenters. The fraction of sp³-hybridized carbons (Fsp3) is 0.474. The molecule has 2 nitrogen and oxygen atoms in total. The molecule has 0 spiro atoms. The molecular formula is C19H26N2. The van der Waals surface area contributed by atoms with Crippen LogP contribution in [0.15, 0.2) is 42.5 Å². The molecule has 0 amide bonds. The van der Waals surface area contributed by atoms with E-state index < -0.39 is 0 Å². The van der Waals surface area contributed by atoms with Gasteiger partial charge in [0.05, 0.1) is 0 Å². The summed E-state index contributed by atoms with van der Waals surface area (Å²) in [4.78, 5) is 2.62. The van der Waals surface area contributed by atoms with Crippen LogP contribution in [0.4, 0.5) is 0 Å². The van der Waals surface area contributed by atoms with Crippen LogP contribution >= 0.6 is 0 Å². The van der Waals surface area contributed by atoms with E-state index in [0.29, 0.717) is 0 Å². The first-order valence-corrected chi connectivity index (χ1v) is 8.26. The average molecular weight is 282 g/mol. The molecule has 0 aliphatic carbocycles. The van der Waals surface area contributed by atoms with Gasteiger partial charge in [0, 0.05) is 13.1 Å². The maximum absolute atomic E-state index is 3.50. The molecule has 1 atom stereocenters. The molecule has 2 heteroatoms. The van der Waals surface area contributed by atoms with E-state index in [2.05, 4.69) is 59.6 Å². The fourth-order valence-electron chi connectivity index (χ4n) is 3.41. The summed E-state index contributed by atoms with van der Waals surface area (Å²) in [6, 6.07) is 15.5. The van der Waals surface area contributed by atoms with Crippen molar-refractivity contribution in [3.05, 3.63) is 48.0 Å². The summed E-state index contributed by atoms with van der Waals surface area (Å²) in [6.07, 6.45) is 2.71. The predicted octanol–water partition coefficient (Wildman–Crippen LogP) is 3.66. The van der Waals surface area contributed by atoms with Gasteiger partial charge < -0.3 is 5.32 Å². The monoisotopic (exact) mass is 282 g/mol. The number of nitrogens with one attached hydrogen (secondary N) is 1. The second-order valence-corrected chi connectivity index (χ2v) is 6.23. The van der Waals surface area contributed by atoms with E-state index in [1.807, 2.05) is 0 Å². The van der Waals surface area contributed by atoms with Gasteiger partial charge in [0.2, 0.25) is 0 Å². The normalized spacial score (nSPS) is 20.0. The standard InChI is InChI=1S/C19H26N2/c1-2-20-13-17-6-5-11-21(15-17)14-16-9-10-18-7-3-4-8-19(18)12-16/h3-4,7-10,12,17,20H,2,5-6,11,13-15H2,1H3. The second-order valence-electron chi connectivity index (χ2n) is 6.23. The van der Waals surface area contributed by atoms with Gasteiger partial charge in [0.25, 0.3) is 0 Å². The Balaban J connectivity index is 1.64. The van der Waals surface area contributed by atoms with Crippen molar-refractivity contribution >= 4 is 10.8 Å². The fourth-order valence-corrected chi connectivity index (χ4v) is 3.41. The summed E-state index contributed by atoms with van der Waals surface area (Å²) in [6.45, 7) is 8.02. The highest BCUT2D eigenvalue weighted by Gasteiger charge is 2.19. The van der Waals surface area contributed by atoms with Gasteiger partial charge >= 0.3 is 0 Å². The lowest BCUT2D eigenvalue weighted by Crippen LogP contribution is -2.39. The number of rotatable bonds is 5. The van der Waals surface area contributed by atoms with Gasteiger partial charge in [-0.25, -0.2) is 0 Å². The van der Waals surface area contributed by atoms with Crippen molar-refractivity contribution in [1.29, 1.82) is 0 Å². The van der Waals surface area contributed by atoms with Crippen LogP contribution in [0.5, 0.6) is 0 Å². The minimum Gasteiger partial charge on any atom is -0.317 e. The van der Waals surface area contributed by atoms with E-state index in [9.17, 15) is 0 Å². The Bertz CT molecular complexity index is 579. The van der Waals surface area contributed by atoms with Crippen LogP contribution in [-0.2, 0) is 6.54 Å². The number of fused-ring (bicyclic) bond motifs is 1. The van der Waals surface area contributed by atoms with Crippen molar-refractivity contribution in [2.45, 2.75) is 26.3 Å². The largest absolute Gasteiger partial charge is 0.317 e. The zero-order valence-electron chi connectivity index (χ0n) is 13.0. The number of likely N-dealkylation sites (tertiary alicyclic amines) is 1. The summed E-state index contributed by atoms with van der Waals surface area (Å²) < 4.78 is 0. The first-order valence-electron chi connectivity index (χ1n) is 8.26. The molecule has 1 fully saturated rings. The highest BCUT2D eigenvalue weighted by molar-refractivity contribution is 5.82.